The van der Waals surface area contributed by atoms with Crippen molar-refractivity contribution in [3.8, 4) is 0 Å². The monoisotopic (exact) mass is 152 g/mol. The summed E-state index contributed by atoms with van der Waals surface area (Å²) in [5.41, 5.74) is 0. The molecule has 0 saturated heterocycles. The van der Waals surface area contributed by atoms with E-state index in [9.17, 15) is 0 Å². The summed E-state index contributed by atoms with van der Waals surface area (Å²) < 4.78 is 6.51. The average Bonchev–Trinajstić information content (AvgIpc) is 2.35. The van der Waals surface area contributed by atoms with E-state index < -0.39 is 0 Å². The quantitative estimate of drug-likeness (QED) is 0.565. The van der Waals surface area contributed by atoms with Gasteiger partial charge in [-0.2, -0.15) is 0 Å². The molecule has 0 atom stereocenters. The molecule has 0 aliphatic carbocycles. The van der Waals surface area contributed by atoms with E-state index in [0.717, 1.165) is 5.76 Å². The van der Waals surface area contributed by atoms with Gasteiger partial charge in [0.05, 0.1) is 11.0 Å². The highest BCUT2D eigenvalue weighted by atomic mass is 32.1. The lowest BCUT2D eigenvalue weighted by molar-refractivity contribution is 0.540. The van der Waals surface area contributed by atoms with Crippen LogP contribution in [0.4, 0.5) is 0 Å². The molecule has 0 aromatic carbocycles. The Labute approximate surface area is 63.3 Å². The van der Waals surface area contributed by atoms with Crippen LogP contribution in [0.3, 0.4) is 0 Å². The molecule has 0 saturated carbocycles. The lowest BCUT2D eigenvalue weighted by atomic mass is 10.3. The fraction of sp³-hybridized carbons (Fsp3) is 0.250. The van der Waals surface area contributed by atoms with Gasteiger partial charge in [0.1, 0.15) is 5.76 Å². The van der Waals surface area contributed by atoms with Gasteiger partial charge in [-0.05, 0) is 19.9 Å². The van der Waals surface area contributed by atoms with E-state index in [4.69, 9.17) is 4.42 Å². The summed E-state index contributed by atoms with van der Waals surface area (Å²) in [7, 11) is 0. The fourth-order valence-electron chi connectivity index (χ4n) is 1.10. The Morgan fingerprint density at radius 1 is 1.40 bits per heavy atom. The van der Waals surface area contributed by atoms with Crippen molar-refractivity contribution in [2.45, 2.75) is 13.8 Å². The smallest absolute Gasteiger partial charge is 0.118 e. The largest absolute Gasteiger partial charge is 0.467 e. The first-order chi connectivity index (χ1) is 4.77. The first kappa shape index (κ1) is 5.98. The van der Waals surface area contributed by atoms with E-state index in [0.29, 0.717) is 0 Å². The van der Waals surface area contributed by atoms with Crippen molar-refractivity contribution in [3.63, 3.8) is 0 Å². The fourth-order valence-corrected chi connectivity index (χ4v) is 2.03. The second-order valence-electron chi connectivity index (χ2n) is 2.43. The maximum absolute atomic E-state index is 5.22. The van der Waals surface area contributed by atoms with Crippen LogP contribution in [-0.4, -0.2) is 0 Å². The van der Waals surface area contributed by atoms with Crippen LogP contribution in [-0.2, 0) is 0 Å². The zero-order valence-electron chi connectivity index (χ0n) is 5.97. The Morgan fingerprint density at radius 2 is 2.20 bits per heavy atom. The molecule has 0 amide bonds. The maximum Gasteiger partial charge on any atom is 0.118 e. The van der Waals surface area contributed by atoms with Gasteiger partial charge < -0.3 is 4.42 Å². The van der Waals surface area contributed by atoms with Crippen LogP contribution in [0, 0.1) is 13.8 Å². The molecule has 0 N–H and O–H groups in total. The van der Waals surface area contributed by atoms with Gasteiger partial charge in [0.2, 0.25) is 0 Å². The lowest BCUT2D eigenvalue weighted by Gasteiger charge is -1.78. The molecule has 0 aliphatic heterocycles. The molecule has 0 aliphatic rings. The van der Waals surface area contributed by atoms with Gasteiger partial charge >= 0.3 is 0 Å². The highest BCUT2D eigenvalue weighted by Gasteiger charge is 2.03. The second-order valence-corrected chi connectivity index (χ2v) is 3.69. The van der Waals surface area contributed by atoms with Crippen LogP contribution >= 0.6 is 11.3 Å². The summed E-state index contributed by atoms with van der Waals surface area (Å²) in [6, 6.07) is 2.15. The Hall–Kier alpha value is -0.760. The molecule has 52 valence electrons. The van der Waals surface area contributed by atoms with E-state index >= 15 is 0 Å². The van der Waals surface area contributed by atoms with E-state index in [1.54, 1.807) is 11.3 Å². The Bertz CT molecular complexity index is 356. The number of hydrogen-bond donors (Lipinski definition) is 0. The average molecular weight is 152 g/mol. The van der Waals surface area contributed by atoms with Crippen LogP contribution in [0.5, 0.6) is 0 Å². The number of hydrogen-bond acceptors (Lipinski definition) is 2. The summed E-state index contributed by atoms with van der Waals surface area (Å²) in [5.74, 6) is 1.04. The Morgan fingerprint density at radius 3 is 2.90 bits per heavy atom. The van der Waals surface area contributed by atoms with E-state index in [-0.39, 0.29) is 0 Å². The lowest BCUT2D eigenvalue weighted by Crippen LogP contribution is -1.54. The minimum Gasteiger partial charge on any atom is -0.467 e. The van der Waals surface area contributed by atoms with Crippen LogP contribution in [0.25, 0.3) is 10.1 Å². The van der Waals surface area contributed by atoms with Crippen LogP contribution in [0.1, 0.15) is 10.6 Å². The first-order valence-electron chi connectivity index (χ1n) is 3.21. The third-order valence-corrected chi connectivity index (χ3v) is 2.73. The molecule has 10 heavy (non-hydrogen) atoms. The van der Waals surface area contributed by atoms with Gasteiger partial charge in [0.25, 0.3) is 0 Å². The molecule has 2 heterocycles. The van der Waals surface area contributed by atoms with Crippen molar-refractivity contribution in [1.29, 1.82) is 0 Å². The van der Waals surface area contributed by atoms with Crippen molar-refractivity contribution in [2.24, 2.45) is 0 Å². The molecule has 2 rings (SSSR count). The summed E-state index contributed by atoms with van der Waals surface area (Å²) in [6.07, 6.45) is 1.81. The molecule has 0 fully saturated rings. The number of aryl methyl sites for hydroxylation is 2. The summed E-state index contributed by atoms with van der Waals surface area (Å²) in [5, 5.41) is 1.24. The van der Waals surface area contributed by atoms with Gasteiger partial charge in [-0.25, -0.2) is 0 Å². The van der Waals surface area contributed by atoms with Crippen molar-refractivity contribution in [1.82, 2.24) is 0 Å². The normalized spacial score (nSPS) is 11.0. The molecule has 2 heteroatoms. The molecule has 2 aromatic rings. The molecule has 2 aromatic heterocycles. The minimum atomic E-state index is 1.04. The van der Waals surface area contributed by atoms with Gasteiger partial charge in [0.15, 0.2) is 0 Å². The summed E-state index contributed by atoms with van der Waals surface area (Å²) in [4.78, 5) is 1.35. The first-order valence-corrected chi connectivity index (χ1v) is 4.03. The van der Waals surface area contributed by atoms with Crippen molar-refractivity contribution >= 4 is 21.4 Å². The SMILES string of the molecule is Cc1cc2coc(C)c2s1. The van der Waals surface area contributed by atoms with Crippen molar-refractivity contribution in [2.75, 3.05) is 0 Å². The molecule has 0 spiro atoms. The van der Waals surface area contributed by atoms with Gasteiger partial charge in [-0.3, -0.25) is 0 Å². The molecule has 1 nitrogen and oxygen atoms in total. The molecule has 0 radical (unpaired) electrons. The van der Waals surface area contributed by atoms with E-state index in [2.05, 4.69) is 13.0 Å². The topological polar surface area (TPSA) is 13.1 Å². The van der Waals surface area contributed by atoms with Gasteiger partial charge in [0, 0.05) is 10.3 Å². The van der Waals surface area contributed by atoms with Crippen LogP contribution in [0.15, 0.2) is 16.7 Å². The van der Waals surface area contributed by atoms with Crippen LogP contribution in [0.2, 0.25) is 0 Å². The van der Waals surface area contributed by atoms with E-state index in [1.165, 1.54) is 15.0 Å². The Balaban J connectivity index is 2.90. The number of rotatable bonds is 0. The number of furan rings is 1. The van der Waals surface area contributed by atoms with Crippen molar-refractivity contribution < 1.29 is 4.42 Å². The molecular formula is C8H8OS. The Kier molecular flexibility index (Phi) is 1.11. The van der Waals surface area contributed by atoms with Gasteiger partial charge in [-0.15, -0.1) is 11.3 Å². The summed E-state index contributed by atoms with van der Waals surface area (Å²) >= 11 is 1.79. The predicted molar refractivity (Wildman–Crippen MR) is 43.6 cm³/mol. The molecular weight excluding hydrogens is 144 g/mol. The standard InChI is InChI=1S/C8H8OS/c1-5-3-7-4-9-6(2)8(7)10-5/h3-4H,1-2H3. The minimum absolute atomic E-state index is 1.04. The molecule has 0 bridgehead atoms. The zero-order chi connectivity index (χ0) is 7.14. The number of thiophene rings is 1. The maximum atomic E-state index is 5.22. The van der Waals surface area contributed by atoms with Crippen LogP contribution < -0.4 is 0 Å². The number of fused-ring (bicyclic) bond motifs is 1. The third-order valence-electron chi connectivity index (χ3n) is 1.57. The highest BCUT2D eigenvalue weighted by molar-refractivity contribution is 7.19. The van der Waals surface area contributed by atoms with Gasteiger partial charge in [-0.1, -0.05) is 0 Å². The third kappa shape index (κ3) is 0.688. The van der Waals surface area contributed by atoms with E-state index in [1.807, 2.05) is 13.2 Å². The zero-order valence-corrected chi connectivity index (χ0v) is 6.79. The molecule has 0 unspecified atom stereocenters. The summed E-state index contributed by atoms with van der Waals surface area (Å²) in [6.45, 7) is 4.11. The predicted octanol–water partition coefficient (Wildman–Crippen LogP) is 3.11. The highest BCUT2D eigenvalue weighted by Crippen LogP contribution is 2.28. The second kappa shape index (κ2) is 1.86. The van der Waals surface area contributed by atoms with Crippen molar-refractivity contribution in [3.05, 3.63) is 23.0 Å².